The molecule has 2 saturated carbocycles. The number of carbonyl (C=O) groups is 5. The summed E-state index contributed by atoms with van der Waals surface area (Å²) in [6, 6.07) is 13.1. The van der Waals surface area contributed by atoms with Crippen molar-refractivity contribution in [1.82, 2.24) is 20.7 Å². The monoisotopic (exact) mass is 744 g/mol. The van der Waals surface area contributed by atoms with Crippen LogP contribution in [0.4, 0.5) is 4.79 Å². The highest BCUT2D eigenvalue weighted by molar-refractivity contribution is 7.99. The summed E-state index contributed by atoms with van der Waals surface area (Å²) < 4.78 is 8.64. The average Bonchev–Trinajstić information content (AvgIpc) is 3.84. The van der Waals surface area contributed by atoms with Crippen molar-refractivity contribution in [1.29, 1.82) is 0 Å². The van der Waals surface area contributed by atoms with Crippen molar-refractivity contribution in [3.63, 3.8) is 0 Å². The Morgan fingerprint density at radius 3 is 2.30 bits per heavy atom. The van der Waals surface area contributed by atoms with Gasteiger partial charge in [-0.15, -0.1) is 0 Å². The summed E-state index contributed by atoms with van der Waals surface area (Å²) in [4.78, 5) is 66.5. The van der Waals surface area contributed by atoms with Gasteiger partial charge in [0.15, 0.2) is 0 Å². The second-order valence-electron chi connectivity index (χ2n) is 14.4. The number of nitrogens with one attached hydrogen (secondary N) is 4. The van der Waals surface area contributed by atoms with Crippen molar-refractivity contribution in [3.8, 4) is 0 Å². The van der Waals surface area contributed by atoms with E-state index in [0.29, 0.717) is 34.9 Å². The fourth-order valence-electron chi connectivity index (χ4n) is 6.83. The summed E-state index contributed by atoms with van der Waals surface area (Å²) in [5.41, 5.74) is 1.09. The molecule has 2 aromatic carbocycles. The van der Waals surface area contributed by atoms with Crippen molar-refractivity contribution in [3.05, 3.63) is 69.7 Å². The average molecular weight is 746 g/mol. The van der Waals surface area contributed by atoms with Crippen LogP contribution in [0.1, 0.15) is 95.3 Å². The van der Waals surface area contributed by atoms with Gasteiger partial charge in [0.1, 0.15) is 11.4 Å². The molecule has 4 amide bonds. The number of ether oxygens (including phenoxy) is 1. The Kier molecular flexibility index (Phi) is 13.1. The Morgan fingerprint density at radius 2 is 1.66 bits per heavy atom. The lowest BCUT2D eigenvalue weighted by Crippen LogP contribution is -2.51. The van der Waals surface area contributed by atoms with Crippen LogP contribution in [0.15, 0.2) is 48.5 Å². The van der Waals surface area contributed by atoms with Crippen LogP contribution >= 0.6 is 35.1 Å². The lowest BCUT2D eigenvalue weighted by atomic mass is 9.86. The Hall–Kier alpha value is -3.28. The molecule has 1 aliphatic heterocycles. The summed E-state index contributed by atoms with van der Waals surface area (Å²) in [6.07, 6.45) is 6.56. The zero-order valence-electron chi connectivity index (χ0n) is 28.5. The van der Waals surface area contributed by atoms with Gasteiger partial charge >= 0.3 is 6.09 Å². The molecule has 1 saturated heterocycles. The topological polar surface area (TPSA) is 143 Å². The Balaban J connectivity index is 1.30. The second kappa shape index (κ2) is 17.3. The first-order valence-electron chi connectivity index (χ1n) is 17.4. The van der Waals surface area contributed by atoms with Crippen LogP contribution in [0, 0.1) is 11.8 Å². The highest BCUT2D eigenvalue weighted by atomic mass is 35.5. The van der Waals surface area contributed by atoms with E-state index < -0.39 is 52.5 Å². The molecule has 3 unspecified atom stereocenters. The van der Waals surface area contributed by atoms with Gasteiger partial charge in [-0.05, 0) is 99.2 Å². The molecule has 1 heterocycles. The first kappa shape index (κ1) is 38.0. The number of hydrogen-bond donors (Lipinski definition) is 4. The smallest absolute Gasteiger partial charge is 0.417 e. The minimum absolute atomic E-state index is 0.000966. The van der Waals surface area contributed by atoms with Crippen molar-refractivity contribution in [2.45, 2.75) is 113 Å². The van der Waals surface area contributed by atoms with Gasteiger partial charge < -0.3 is 20.7 Å². The van der Waals surface area contributed by atoms with E-state index >= 15 is 0 Å². The summed E-state index contributed by atoms with van der Waals surface area (Å²) in [6.45, 7) is 3.79. The first-order chi connectivity index (χ1) is 23.8. The molecule has 270 valence electrons. The SMILES string of the molecule is CC1(C)CC(CC(NC(=O)[C@H](CC2CCCCC2)SNC(=O)OC(Cc2cccc(Cl)c2)c2cccc(Cl)c2)C(=O)C(=O)NC2CC2)C(=O)N1. The molecule has 4 N–H and O–H groups in total. The fourth-order valence-corrected chi connectivity index (χ4v) is 8.07. The van der Waals surface area contributed by atoms with Crippen LogP contribution in [0.2, 0.25) is 10.0 Å². The summed E-state index contributed by atoms with van der Waals surface area (Å²) >= 11 is 13.4. The van der Waals surface area contributed by atoms with Crippen LogP contribution in [-0.4, -0.2) is 52.5 Å². The van der Waals surface area contributed by atoms with Gasteiger partial charge in [-0.3, -0.25) is 23.9 Å². The highest BCUT2D eigenvalue weighted by Crippen LogP contribution is 2.32. The molecule has 50 heavy (non-hydrogen) atoms. The van der Waals surface area contributed by atoms with E-state index in [4.69, 9.17) is 27.9 Å². The van der Waals surface area contributed by atoms with Gasteiger partial charge in [-0.1, -0.05) is 79.6 Å². The lowest BCUT2D eigenvalue weighted by Gasteiger charge is -2.27. The van der Waals surface area contributed by atoms with Crippen molar-refractivity contribution < 1.29 is 28.7 Å². The van der Waals surface area contributed by atoms with Crippen LogP contribution in [0.5, 0.6) is 0 Å². The Bertz CT molecular complexity index is 1560. The van der Waals surface area contributed by atoms with Crippen molar-refractivity contribution in [2.75, 3.05) is 0 Å². The van der Waals surface area contributed by atoms with E-state index in [1.54, 1.807) is 30.3 Å². The largest absolute Gasteiger partial charge is 0.440 e. The molecule has 2 aromatic rings. The number of halogens is 2. The molecule has 3 fully saturated rings. The van der Waals surface area contributed by atoms with E-state index in [0.717, 1.165) is 62.5 Å². The predicted octanol–water partition coefficient (Wildman–Crippen LogP) is 6.63. The number of ketones is 1. The number of carbonyl (C=O) groups excluding carboxylic acids is 5. The van der Waals surface area contributed by atoms with Gasteiger partial charge in [-0.25, -0.2) is 4.79 Å². The van der Waals surface area contributed by atoms with E-state index in [1.165, 1.54) is 0 Å². The van der Waals surface area contributed by atoms with E-state index in [9.17, 15) is 24.0 Å². The summed E-state index contributed by atoms with van der Waals surface area (Å²) in [5, 5.41) is 8.74. The number of amides is 4. The fraction of sp³-hybridized carbons (Fsp3) is 0.541. The molecule has 0 aromatic heterocycles. The number of Topliss-reactive ketones (excluding diaryl/α,β-unsaturated/α-hetero) is 1. The van der Waals surface area contributed by atoms with Gasteiger partial charge in [0.2, 0.25) is 17.6 Å². The molecule has 5 rings (SSSR count). The van der Waals surface area contributed by atoms with Crippen molar-refractivity contribution >= 4 is 64.7 Å². The van der Waals surface area contributed by atoms with Crippen LogP contribution in [0.3, 0.4) is 0 Å². The molecule has 0 spiro atoms. The second-order valence-corrected chi connectivity index (χ2v) is 16.3. The molecule has 10 nitrogen and oxygen atoms in total. The Morgan fingerprint density at radius 1 is 0.960 bits per heavy atom. The third-order valence-corrected chi connectivity index (χ3v) is 11.0. The Labute approximate surface area is 308 Å². The molecule has 0 radical (unpaired) electrons. The zero-order chi connectivity index (χ0) is 35.8. The normalized spacial score (nSPS) is 20.6. The summed E-state index contributed by atoms with van der Waals surface area (Å²) in [5.74, 6) is -2.54. The highest BCUT2D eigenvalue weighted by Gasteiger charge is 2.42. The maximum Gasteiger partial charge on any atom is 0.417 e. The minimum atomic E-state index is -1.20. The maximum atomic E-state index is 14.0. The maximum absolute atomic E-state index is 14.0. The molecule has 4 atom stereocenters. The first-order valence-corrected chi connectivity index (χ1v) is 19.1. The number of benzene rings is 2. The standard InChI is InChI=1S/C37H46Cl2N4O6S/c1-37(2)21-25(33(45)42-37)20-29(32(44)35(47)40-28-14-15-28)41-34(46)31(18-22-8-4-3-5-9-22)50-43-36(48)49-30(24-11-7-13-27(39)19-24)17-23-10-6-12-26(38)16-23/h6-7,10-13,16,19,22,25,28-31H,3-5,8-9,14-15,17-18,20-21H2,1-2H3,(H,40,47)(H,41,46)(H,42,45)(H,43,48)/t25?,29?,30?,31-/m0/s1. The quantitative estimate of drug-likeness (QED) is 0.119. The van der Waals surface area contributed by atoms with Crippen LogP contribution < -0.4 is 20.7 Å². The molecule has 0 bridgehead atoms. The van der Waals surface area contributed by atoms with Crippen LogP contribution in [-0.2, 0) is 30.3 Å². The zero-order valence-corrected chi connectivity index (χ0v) is 30.8. The van der Waals surface area contributed by atoms with Gasteiger partial charge in [0, 0.05) is 34.0 Å². The molecular formula is C37H46Cl2N4O6S. The van der Waals surface area contributed by atoms with Crippen molar-refractivity contribution in [2.24, 2.45) is 11.8 Å². The van der Waals surface area contributed by atoms with E-state index in [1.807, 2.05) is 32.0 Å². The van der Waals surface area contributed by atoms with Crippen LogP contribution in [0.25, 0.3) is 0 Å². The van der Waals surface area contributed by atoms with Gasteiger partial charge in [0.25, 0.3) is 5.91 Å². The third-order valence-electron chi connectivity index (χ3n) is 9.51. The van der Waals surface area contributed by atoms with Gasteiger partial charge in [0.05, 0.1) is 6.04 Å². The molecular weight excluding hydrogens is 699 g/mol. The summed E-state index contributed by atoms with van der Waals surface area (Å²) in [7, 11) is 0. The predicted molar refractivity (Wildman–Crippen MR) is 195 cm³/mol. The van der Waals surface area contributed by atoms with Gasteiger partial charge in [-0.2, -0.15) is 0 Å². The van der Waals surface area contributed by atoms with E-state index in [2.05, 4.69) is 20.7 Å². The third kappa shape index (κ3) is 11.4. The molecule has 13 heteroatoms. The molecule has 2 aliphatic carbocycles. The molecule has 3 aliphatic rings. The number of hydrogen-bond acceptors (Lipinski definition) is 7. The lowest BCUT2D eigenvalue weighted by molar-refractivity contribution is -0.140. The minimum Gasteiger partial charge on any atom is -0.440 e. The van der Waals surface area contributed by atoms with E-state index in [-0.39, 0.29) is 24.3 Å². The number of rotatable bonds is 15.